The van der Waals surface area contributed by atoms with Crippen molar-refractivity contribution in [1.29, 1.82) is 0 Å². The Labute approximate surface area is 166 Å². The first-order valence-corrected chi connectivity index (χ1v) is 9.50. The summed E-state index contributed by atoms with van der Waals surface area (Å²) in [7, 11) is 3.57. The van der Waals surface area contributed by atoms with Crippen LogP contribution in [0.4, 0.5) is 0 Å². The molecular weight excluding hydrogens is 352 g/mol. The predicted octanol–water partition coefficient (Wildman–Crippen LogP) is 3.09. The van der Waals surface area contributed by atoms with Crippen LogP contribution in [0.2, 0.25) is 0 Å². The quantitative estimate of drug-likeness (QED) is 0.652. The second-order valence-corrected chi connectivity index (χ2v) is 7.12. The summed E-state index contributed by atoms with van der Waals surface area (Å²) >= 11 is 0. The summed E-state index contributed by atoms with van der Waals surface area (Å²) in [5, 5.41) is 10.0. The van der Waals surface area contributed by atoms with E-state index < -0.39 is 0 Å². The fourth-order valence-corrected chi connectivity index (χ4v) is 3.42. The normalized spacial score (nSPS) is 12.5. The van der Waals surface area contributed by atoms with Gasteiger partial charge in [0.1, 0.15) is 0 Å². The second-order valence-electron chi connectivity index (χ2n) is 7.12. The van der Waals surface area contributed by atoms with E-state index >= 15 is 0 Å². The van der Waals surface area contributed by atoms with Crippen LogP contribution in [0, 0.1) is 6.92 Å². The lowest BCUT2D eigenvalue weighted by atomic mass is 10.1. The third kappa shape index (κ3) is 4.40. The number of rotatable bonds is 8. The van der Waals surface area contributed by atoms with Crippen molar-refractivity contribution < 1.29 is 9.53 Å². The van der Waals surface area contributed by atoms with E-state index in [0.717, 1.165) is 28.9 Å². The first-order valence-electron chi connectivity index (χ1n) is 9.50. The van der Waals surface area contributed by atoms with E-state index in [1.54, 1.807) is 7.11 Å². The van der Waals surface area contributed by atoms with E-state index in [2.05, 4.69) is 34.7 Å². The molecule has 0 bridgehead atoms. The Morgan fingerprint density at radius 3 is 2.79 bits per heavy atom. The number of nitrogens with one attached hydrogen (secondary N) is 1. The molecule has 0 saturated heterocycles. The number of benzene rings is 2. The lowest BCUT2D eigenvalue weighted by Crippen LogP contribution is -2.37. The largest absolute Gasteiger partial charge is 0.383 e. The lowest BCUT2D eigenvalue weighted by Gasteiger charge is -2.19. The molecule has 0 aliphatic carbocycles. The average Bonchev–Trinajstić information content (AvgIpc) is 3.07. The van der Waals surface area contributed by atoms with Crippen LogP contribution in [0.25, 0.3) is 16.5 Å². The van der Waals surface area contributed by atoms with Crippen LogP contribution in [0.3, 0.4) is 0 Å². The number of hydrogen-bond acceptors (Lipinski definition) is 4. The van der Waals surface area contributed by atoms with Gasteiger partial charge in [-0.05, 0) is 32.3 Å². The number of fused-ring (bicyclic) bond motifs is 1. The number of aromatic nitrogens is 2. The number of amides is 1. The molecule has 28 heavy (non-hydrogen) atoms. The average molecular weight is 380 g/mol. The van der Waals surface area contributed by atoms with E-state index in [-0.39, 0.29) is 11.9 Å². The fourth-order valence-electron chi connectivity index (χ4n) is 3.42. The number of methoxy groups -OCH3 is 1. The standard InChI is InChI=1S/C22H28N4O2/c1-16(24-22(27)15-25(3)12-13-28-4)20-14-23-26(17(20)2)21-11-7-9-18-8-5-6-10-19(18)21/h5-11,14,16H,12-13,15H2,1-4H3,(H,24,27)/t16-/m0/s1. The summed E-state index contributed by atoms with van der Waals surface area (Å²) in [6.07, 6.45) is 1.84. The minimum atomic E-state index is -0.118. The zero-order valence-electron chi connectivity index (χ0n) is 17.0. The van der Waals surface area contributed by atoms with Crippen LogP contribution in [0.5, 0.6) is 0 Å². The summed E-state index contributed by atoms with van der Waals surface area (Å²) in [6, 6.07) is 14.4. The number of carbonyl (C=O) groups is 1. The van der Waals surface area contributed by atoms with E-state index in [1.165, 1.54) is 5.39 Å². The van der Waals surface area contributed by atoms with Gasteiger partial charge in [-0.1, -0.05) is 36.4 Å². The number of ether oxygens (including phenoxy) is 1. The monoisotopic (exact) mass is 380 g/mol. The van der Waals surface area contributed by atoms with Gasteiger partial charge in [-0.15, -0.1) is 0 Å². The SMILES string of the molecule is COCCN(C)CC(=O)N[C@@H](C)c1cnn(-c2cccc3ccccc23)c1C. The molecule has 1 aromatic heterocycles. The maximum absolute atomic E-state index is 12.3. The summed E-state index contributed by atoms with van der Waals surface area (Å²) in [4.78, 5) is 14.3. The van der Waals surface area contributed by atoms with Crippen molar-refractivity contribution in [3.8, 4) is 5.69 Å². The zero-order valence-corrected chi connectivity index (χ0v) is 17.0. The molecule has 3 aromatic rings. The number of hydrogen-bond donors (Lipinski definition) is 1. The van der Waals surface area contributed by atoms with Crippen molar-refractivity contribution in [1.82, 2.24) is 20.0 Å². The number of likely N-dealkylation sites (N-methyl/N-ethyl adjacent to an activating group) is 1. The molecule has 6 nitrogen and oxygen atoms in total. The summed E-state index contributed by atoms with van der Waals surface area (Å²) in [5.74, 6) is -0.0107. The Hall–Kier alpha value is -2.70. The zero-order chi connectivity index (χ0) is 20.1. The molecule has 0 spiro atoms. The van der Waals surface area contributed by atoms with Crippen molar-refractivity contribution in [2.75, 3.05) is 33.9 Å². The molecule has 1 amide bonds. The van der Waals surface area contributed by atoms with Gasteiger partial charge in [-0.25, -0.2) is 4.68 Å². The Kier molecular flexibility index (Phi) is 6.44. The number of carbonyl (C=O) groups excluding carboxylic acids is 1. The molecule has 0 radical (unpaired) electrons. The van der Waals surface area contributed by atoms with Crippen molar-refractivity contribution in [3.05, 3.63) is 59.9 Å². The highest BCUT2D eigenvalue weighted by atomic mass is 16.5. The molecule has 1 N–H and O–H groups in total. The molecule has 3 rings (SSSR count). The molecule has 1 atom stereocenters. The highest BCUT2D eigenvalue weighted by Gasteiger charge is 2.18. The first kappa shape index (κ1) is 20.0. The van der Waals surface area contributed by atoms with E-state index in [4.69, 9.17) is 4.74 Å². The second kappa shape index (κ2) is 8.99. The van der Waals surface area contributed by atoms with Crippen molar-refractivity contribution in [2.45, 2.75) is 19.9 Å². The molecule has 0 aliphatic rings. The van der Waals surface area contributed by atoms with Crippen LogP contribution >= 0.6 is 0 Å². The summed E-state index contributed by atoms with van der Waals surface area (Å²) in [5.41, 5.74) is 3.08. The van der Waals surface area contributed by atoms with Gasteiger partial charge >= 0.3 is 0 Å². The molecule has 0 unspecified atom stereocenters. The van der Waals surface area contributed by atoms with Gasteiger partial charge in [0.25, 0.3) is 0 Å². The van der Waals surface area contributed by atoms with E-state index in [0.29, 0.717) is 13.2 Å². The van der Waals surface area contributed by atoms with Gasteiger partial charge in [-0.3, -0.25) is 9.69 Å². The molecule has 148 valence electrons. The molecule has 1 heterocycles. The topological polar surface area (TPSA) is 59.4 Å². The Bertz CT molecular complexity index is 945. The highest BCUT2D eigenvalue weighted by molar-refractivity contribution is 5.90. The maximum atomic E-state index is 12.3. The van der Waals surface area contributed by atoms with Crippen molar-refractivity contribution in [2.24, 2.45) is 0 Å². The van der Waals surface area contributed by atoms with Gasteiger partial charge < -0.3 is 10.1 Å². The van der Waals surface area contributed by atoms with Gasteiger partial charge in [0.05, 0.1) is 31.1 Å². The molecule has 0 aliphatic heterocycles. The lowest BCUT2D eigenvalue weighted by molar-refractivity contribution is -0.122. The van der Waals surface area contributed by atoms with Crippen LogP contribution in [0.15, 0.2) is 48.7 Å². The van der Waals surface area contributed by atoms with Gasteiger partial charge in [0, 0.05) is 30.3 Å². The molecule has 0 fully saturated rings. The Balaban J connectivity index is 1.76. The minimum Gasteiger partial charge on any atom is -0.383 e. The van der Waals surface area contributed by atoms with E-state index in [9.17, 15) is 4.79 Å². The van der Waals surface area contributed by atoms with Gasteiger partial charge in [0.15, 0.2) is 0 Å². The summed E-state index contributed by atoms with van der Waals surface area (Å²) < 4.78 is 7.00. The molecule has 6 heteroatoms. The molecule has 2 aromatic carbocycles. The fraction of sp³-hybridized carbons (Fsp3) is 0.364. The third-order valence-electron chi connectivity index (χ3n) is 4.98. The van der Waals surface area contributed by atoms with Crippen molar-refractivity contribution in [3.63, 3.8) is 0 Å². The Morgan fingerprint density at radius 1 is 1.25 bits per heavy atom. The van der Waals surface area contributed by atoms with E-state index in [1.807, 2.05) is 54.9 Å². The van der Waals surface area contributed by atoms with Crippen LogP contribution in [0.1, 0.15) is 24.2 Å². The maximum Gasteiger partial charge on any atom is 0.234 e. The van der Waals surface area contributed by atoms with Crippen molar-refractivity contribution >= 4 is 16.7 Å². The third-order valence-corrected chi connectivity index (χ3v) is 4.98. The van der Waals surface area contributed by atoms with Crippen LogP contribution in [-0.4, -0.2) is 54.4 Å². The Morgan fingerprint density at radius 2 is 2.00 bits per heavy atom. The predicted molar refractivity (Wildman–Crippen MR) is 112 cm³/mol. The first-order chi connectivity index (χ1) is 13.5. The van der Waals surface area contributed by atoms with Gasteiger partial charge in [-0.2, -0.15) is 5.10 Å². The number of nitrogens with zero attached hydrogens (tertiary/aromatic N) is 3. The minimum absolute atomic E-state index is 0.0107. The molecule has 0 saturated carbocycles. The van der Waals surface area contributed by atoms with Gasteiger partial charge in [0.2, 0.25) is 5.91 Å². The highest BCUT2D eigenvalue weighted by Crippen LogP contribution is 2.25. The van der Waals surface area contributed by atoms with Crippen LogP contribution in [-0.2, 0) is 9.53 Å². The summed E-state index contributed by atoms with van der Waals surface area (Å²) in [6.45, 7) is 5.69. The van der Waals surface area contributed by atoms with Crippen LogP contribution < -0.4 is 5.32 Å². The molecular formula is C22H28N4O2. The smallest absolute Gasteiger partial charge is 0.234 e.